The standard InChI is InChI=1S/C28H28N4O6/c1-28(2,3)37-27(35)32(23-21(25(33)36-4)10-7-11-22(23)29)16-17-12-14-18(15-13-17)19-8-5-6-9-20(19)24-30-26(34)38-31-24/h5-15H,16,29H2,1-4H3,(H,30,31,34). The molecule has 3 N–H and O–H groups in total. The summed E-state index contributed by atoms with van der Waals surface area (Å²) in [4.78, 5) is 41.2. The number of rotatable bonds is 6. The fourth-order valence-electron chi connectivity index (χ4n) is 3.95. The molecule has 0 unspecified atom stereocenters. The first-order valence-corrected chi connectivity index (χ1v) is 11.8. The molecule has 0 saturated heterocycles. The first-order chi connectivity index (χ1) is 18.1. The van der Waals surface area contributed by atoms with Gasteiger partial charge in [-0.3, -0.25) is 14.4 Å². The molecule has 10 nitrogen and oxygen atoms in total. The zero-order chi connectivity index (χ0) is 27.4. The second-order valence-corrected chi connectivity index (χ2v) is 9.49. The number of hydrogen-bond acceptors (Lipinski definition) is 8. The van der Waals surface area contributed by atoms with Gasteiger partial charge in [0.25, 0.3) is 0 Å². The summed E-state index contributed by atoms with van der Waals surface area (Å²) in [5.41, 5.74) is 9.18. The first kappa shape index (κ1) is 26.2. The van der Waals surface area contributed by atoms with Gasteiger partial charge in [0.1, 0.15) is 5.60 Å². The lowest BCUT2D eigenvalue weighted by molar-refractivity contribution is 0.0576. The predicted octanol–water partition coefficient (Wildman–Crippen LogP) is 5.01. The van der Waals surface area contributed by atoms with Gasteiger partial charge >= 0.3 is 17.8 Å². The predicted molar refractivity (Wildman–Crippen MR) is 143 cm³/mol. The third-order valence-corrected chi connectivity index (χ3v) is 5.58. The van der Waals surface area contributed by atoms with Crippen LogP contribution in [0.15, 0.2) is 76.0 Å². The zero-order valence-electron chi connectivity index (χ0n) is 21.5. The van der Waals surface area contributed by atoms with Crippen molar-refractivity contribution in [2.24, 2.45) is 0 Å². The summed E-state index contributed by atoms with van der Waals surface area (Å²) in [6.45, 7) is 5.35. The molecule has 0 radical (unpaired) electrons. The molecular weight excluding hydrogens is 488 g/mol. The minimum absolute atomic E-state index is 0.0751. The highest BCUT2D eigenvalue weighted by atomic mass is 16.6. The Morgan fingerprint density at radius 3 is 2.29 bits per heavy atom. The molecule has 1 aromatic heterocycles. The Bertz CT molecular complexity index is 1520. The number of H-pyrrole nitrogens is 1. The summed E-state index contributed by atoms with van der Waals surface area (Å²) < 4.78 is 15.2. The molecule has 10 heteroatoms. The number of ether oxygens (including phenoxy) is 2. The molecule has 0 bridgehead atoms. The number of para-hydroxylation sites is 1. The monoisotopic (exact) mass is 516 g/mol. The van der Waals surface area contributed by atoms with Crippen LogP contribution >= 0.6 is 0 Å². The fourth-order valence-corrected chi connectivity index (χ4v) is 3.95. The molecule has 0 aliphatic carbocycles. The van der Waals surface area contributed by atoms with E-state index in [4.69, 9.17) is 15.2 Å². The van der Waals surface area contributed by atoms with Gasteiger partial charge in [0.2, 0.25) is 0 Å². The van der Waals surface area contributed by atoms with Crippen LogP contribution in [0.4, 0.5) is 16.2 Å². The molecule has 4 rings (SSSR count). The summed E-state index contributed by atoms with van der Waals surface area (Å²) in [6, 6.07) is 19.7. The number of nitrogens with two attached hydrogens (primary N) is 1. The van der Waals surface area contributed by atoms with E-state index in [1.165, 1.54) is 12.0 Å². The maximum atomic E-state index is 13.3. The number of aromatic amines is 1. The van der Waals surface area contributed by atoms with Crippen LogP contribution in [0.5, 0.6) is 0 Å². The highest BCUT2D eigenvalue weighted by Crippen LogP contribution is 2.33. The number of nitrogens with zero attached hydrogens (tertiary/aromatic N) is 2. The molecule has 0 aliphatic rings. The Balaban J connectivity index is 1.71. The van der Waals surface area contributed by atoms with Crippen LogP contribution in [-0.4, -0.2) is 34.9 Å². The van der Waals surface area contributed by atoms with Gasteiger partial charge in [-0.05, 0) is 49.6 Å². The van der Waals surface area contributed by atoms with Crippen molar-refractivity contribution in [2.45, 2.75) is 32.9 Å². The number of carbonyl (C=O) groups excluding carboxylic acids is 2. The third-order valence-electron chi connectivity index (χ3n) is 5.58. The van der Waals surface area contributed by atoms with Crippen molar-refractivity contribution < 1.29 is 23.6 Å². The summed E-state index contributed by atoms with van der Waals surface area (Å²) in [6.07, 6.45) is -0.662. The van der Waals surface area contributed by atoms with Gasteiger partial charge in [-0.1, -0.05) is 59.8 Å². The number of aromatic nitrogens is 2. The number of anilines is 2. The zero-order valence-corrected chi connectivity index (χ0v) is 21.5. The van der Waals surface area contributed by atoms with E-state index < -0.39 is 23.4 Å². The van der Waals surface area contributed by atoms with E-state index in [2.05, 4.69) is 14.7 Å². The SMILES string of the molecule is COC(=O)c1cccc(N)c1N(Cc1ccc(-c2ccccc2-c2noc(=O)[nH]2)cc1)C(=O)OC(C)(C)C. The van der Waals surface area contributed by atoms with E-state index in [0.717, 1.165) is 16.7 Å². The topological polar surface area (TPSA) is 141 Å². The van der Waals surface area contributed by atoms with E-state index in [0.29, 0.717) is 11.4 Å². The van der Waals surface area contributed by atoms with Crippen molar-refractivity contribution in [1.29, 1.82) is 0 Å². The van der Waals surface area contributed by atoms with E-state index in [1.54, 1.807) is 39.0 Å². The largest absolute Gasteiger partial charge is 0.465 e. The van der Waals surface area contributed by atoms with Gasteiger partial charge in [-0.25, -0.2) is 14.4 Å². The fraction of sp³-hybridized carbons (Fsp3) is 0.214. The molecule has 0 atom stereocenters. The average molecular weight is 517 g/mol. The van der Waals surface area contributed by atoms with E-state index in [-0.39, 0.29) is 23.5 Å². The van der Waals surface area contributed by atoms with Crippen LogP contribution in [0.25, 0.3) is 22.5 Å². The lowest BCUT2D eigenvalue weighted by Crippen LogP contribution is -2.37. The first-order valence-electron chi connectivity index (χ1n) is 11.8. The molecule has 0 saturated carbocycles. The number of benzene rings is 3. The van der Waals surface area contributed by atoms with E-state index >= 15 is 0 Å². The van der Waals surface area contributed by atoms with E-state index in [9.17, 15) is 14.4 Å². The number of carbonyl (C=O) groups is 2. The lowest BCUT2D eigenvalue weighted by Gasteiger charge is -2.29. The maximum absolute atomic E-state index is 13.3. The van der Waals surface area contributed by atoms with Crippen LogP contribution in [-0.2, 0) is 16.0 Å². The minimum atomic E-state index is -0.778. The molecule has 1 amide bonds. The summed E-state index contributed by atoms with van der Waals surface area (Å²) in [5, 5.41) is 3.80. The van der Waals surface area contributed by atoms with Crippen LogP contribution in [0.2, 0.25) is 0 Å². The molecule has 1 heterocycles. The molecule has 0 aliphatic heterocycles. The van der Waals surface area contributed by atoms with Gasteiger partial charge < -0.3 is 15.2 Å². The van der Waals surface area contributed by atoms with Crippen molar-refractivity contribution >= 4 is 23.4 Å². The van der Waals surface area contributed by atoms with Gasteiger partial charge in [-0.15, -0.1) is 0 Å². The van der Waals surface area contributed by atoms with Gasteiger partial charge in [-0.2, -0.15) is 0 Å². The quantitative estimate of drug-likeness (QED) is 0.269. The number of amides is 1. The van der Waals surface area contributed by atoms with Crippen LogP contribution in [0.1, 0.15) is 36.7 Å². The lowest BCUT2D eigenvalue weighted by atomic mass is 9.98. The Hall–Kier alpha value is -4.86. The van der Waals surface area contributed by atoms with Gasteiger partial charge in [0.15, 0.2) is 5.82 Å². The van der Waals surface area contributed by atoms with Crippen molar-refractivity contribution in [3.05, 3.63) is 88.4 Å². The smallest absolute Gasteiger partial charge is 0.439 e. The number of nitrogen functional groups attached to an aromatic ring is 1. The third kappa shape index (κ3) is 5.75. The van der Waals surface area contributed by atoms with Crippen molar-refractivity contribution in [1.82, 2.24) is 10.1 Å². The molecule has 0 fully saturated rings. The maximum Gasteiger partial charge on any atom is 0.439 e. The van der Waals surface area contributed by atoms with Crippen molar-refractivity contribution in [3.63, 3.8) is 0 Å². The van der Waals surface area contributed by atoms with Crippen LogP contribution in [0.3, 0.4) is 0 Å². The van der Waals surface area contributed by atoms with Crippen LogP contribution < -0.4 is 16.4 Å². The summed E-state index contributed by atoms with van der Waals surface area (Å²) in [5.74, 6) is -0.946. The highest BCUT2D eigenvalue weighted by Gasteiger charge is 2.29. The van der Waals surface area contributed by atoms with Crippen molar-refractivity contribution in [2.75, 3.05) is 17.7 Å². The van der Waals surface area contributed by atoms with Gasteiger partial charge in [0.05, 0.1) is 30.6 Å². The molecule has 0 spiro atoms. The molecule has 38 heavy (non-hydrogen) atoms. The molecular formula is C28H28N4O6. The minimum Gasteiger partial charge on any atom is -0.465 e. The molecule has 196 valence electrons. The Labute approximate surface area is 219 Å². The van der Waals surface area contributed by atoms with Crippen molar-refractivity contribution in [3.8, 4) is 22.5 Å². The molecule has 4 aromatic rings. The van der Waals surface area contributed by atoms with E-state index in [1.807, 2.05) is 48.5 Å². The number of methoxy groups -OCH3 is 1. The number of hydrogen-bond donors (Lipinski definition) is 2. The second kappa shape index (κ2) is 10.6. The highest BCUT2D eigenvalue weighted by molar-refractivity contribution is 6.04. The normalized spacial score (nSPS) is 11.2. The molecule has 3 aromatic carbocycles. The summed E-state index contributed by atoms with van der Waals surface area (Å²) in [7, 11) is 1.26. The number of esters is 1. The summed E-state index contributed by atoms with van der Waals surface area (Å²) >= 11 is 0. The number of nitrogens with one attached hydrogen (secondary N) is 1. The second-order valence-electron chi connectivity index (χ2n) is 9.49. The Morgan fingerprint density at radius 1 is 1.00 bits per heavy atom. The van der Waals surface area contributed by atoms with Gasteiger partial charge in [0, 0.05) is 5.56 Å². The van der Waals surface area contributed by atoms with Crippen LogP contribution in [0, 0.1) is 0 Å². The Kier molecular flexibility index (Phi) is 7.33. The Morgan fingerprint density at radius 2 is 1.68 bits per heavy atom. The average Bonchev–Trinajstić information content (AvgIpc) is 3.32.